The van der Waals surface area contributed by atoms with Crippen molar-refractivity contribution in [3.63, 3.8) is 0 Å². The Labute approximate surface area is 139 Å². The number of methoxy groups -OCH3 is 1. The maximum atomic E-state index is 12.0. The molecule has 24 heavy (non-hydrogen) atoms. The maximum Gasteiger partial charge on any atom is 0.270 e. The molecule has 2 aromatic carbocycles. The van der Waals surface area contributed by atoms with Crippen molar-refractivity contribution in [1.29, 1.82) is 0 Å². The summed E-state index contributed by atoms with van der Waals surface area (Å²) in [5.41, 5.74) is 1.54. The van der Waals surface area contributed by atoms with Crippen LogP contribution in [0.4, 0.5) is 5.69 Å². The largest absolute Gasteiger partial charge is 0.497 e. The molecule has 0 fully saturated rings. The van der Waals surface area contributed by atoms with Crippen LogP contribution < -0.4 is 10.1 Å². The highest BCUT2D eigenvalue weighted by Crippen LogP contribution is 2.17. The van der Waals surface area contributed by atoms with Crippen LogP contribution in [0.3, 0.4) is 0 Å². The lowest BCUT2D eigenvalue weighted by Crippen LogP contribution is -2.24. The van der Waals surface area contributed by atoms with Gasteiger partial charge in [-0.05, 0) is 36.3 Å². The monoisotopic (exact) mass is 326 g/mol. The molecule has 0 spiro atoms. The molecular weight excluding hydrogens is 308 g/mol. The third-order valence-electron chi connectivity index (χ3n) is 3.48. The van der Waals surface area contributed by atoms with Gasteiger partial charge in [-0.25, -0.2) is 0 Å². The van der Waals surface area contributed by atoms with Gasteiger partial charge in [-0.2, -0.15) is 0 Å². The van der Waals surface area contributed by atoms with Gasteiger partial charge in [0.15, 0.2) is 0 Å². The van der Waals surface area contributed by atoms with Crippen LogP contribution in [0.1, 0.15) is 24.1 Å². The molecule has 6 nitrogen and oxygen atoms in total. The Balaban J connectivity index is 1.98. The Hall–Kier alpha value is -3.15. The highest BCUT2D eigenvalue weighted by atomic mass is 16.6. The van der Waals surface area contributed by atoms with Gasteiger partial charge in [0.1, 0.15) is 5.75 Å². The number of non-ortho nitro benzene ring substituents is 1. The molecule has 0 bridgehead atoms. The Morgan fingerprint density at radius 1 is 1.25 bits per heavy atom. The maximum absolute atomic E-state index is 12.0. The minimum Gasteiger partial charge on any atom is -0.497 e. The lowest BCUT2D eigenvalue weighted by atomic mass is 10.1. The van der Waals surface area contributed by atoms with Crippen LogP contribution in [-0.2, 0) is 4.79 Å². The number of nitrogens with one attached hydrogen (secondary N) is 1. The number of nitro groups is 1. The van der Waals surface area contributed by atoms with Gasteiger partial charge in [-0.15, -0.1) is 0 Å². The average molecular weight is 326 g/mol. The average Bonchev–Trinajstić information content (AvgIpc) is 2.60. The van der Waals surface area contributed by atoms with Crippen LogP contribution in [0.5, 0.6) is 5.75 Å². The fraction of sp³-hybridized carbons (Fsp3) is 0.167. The highest BCUT2D eigenvalue weighted by Gasteiger charge is 2.08. The highest BCUT2D eigenvalue weighted by molar-refractivity contribution is 5.92. The molecule has 0 aliphatic carbocycles. The first kappa shape index (κ1) is 17.2. The number of hydrogen-bond acceptors (Lipinski definition) is 4. The Morgan fingerprint density at radius 2 is 1.96 bits per heavy atom. The smallest absolute Gasteiger partial charge is 0.270 e. The van der Waals surface area contributed by atoms with E-state index in [1.165, 1.54) is 18.2 Å². The summed E-state index contributed by atoms with van der Waals surface area (Å²) < 4.78 is 5.10. The number of ether oxygens (including phenoxy) is 1. The lowest BCUT2D eigenvalue weighted by molar-refractivity contribution is -0.384. The summed E-state index contributed by atoms with van der Waals surface area (Å²) in [6.45, 7) is 1.88. The standard InChI is InChI=1S/C18H18N2O4/c1-13(15-7-9-17(24-2)10-8-15)19-18(21)11-6-14-4-3-5-16(12-14)20(22)23/h3-13H,1-2H3,(H,19,21)/b11-6+. The zero-order valence-corrected chi connectivity index (χ0v) is 13.4. The zero-order valence-electron chi connectivity index (χ0n) is 13.4. The number of rotatable bonds is 6. The topological polar surface area (TPSA) is 81.5 Å². The molecular formula is C18H18N2O4. The van der Waals surface area contributed by atoms with Gasteiger partial charge in [0.05, 0.1) is 18.1 Å². The van der Waals surface area contributed by atoms with Gasteiger partial charge in [0.25, 0.3) is 5.69 Å². The summed E-state index contributed by atoms with van der Waals surface area (Å²) in [6.07, 6.45) is 2.90. The molecule has 0 radical (unpaired) electrons. The van der Waals surface area contributed by atoms with Crippen LogP contribution in [-0.4, -0.2) is 17.9 Å². The predicted molar refractivity (Wildman–Crippen MR) is 91.7 cm³/mol. The minimum atomic E-state index is -0.469. The molecule has 1 atom stereocenters. The van der Waals surface area contributed by atoms with Gasteiger partial charge in [0.2, 0.25) is 5.91 Å². The predicted octanol–water partition coefficient (Wildman–Crippen LogP) is 3.49. The fourth-order valence-corrected chi connectivity index (χ4v) is 2.15. The van der Waals surface area contributed by atoms with Gasteiger partial charge < -0.3 is 10.1 Å². The Kier molecular flexibility index (Phi) is 5.68. The van der Waals surface area contributed by atoms with Crippen molar-refractivity contribution in [3.8, 4) is 5.75 Å². The van der Waals surface area contributed by atoms with Gasteiger partial charge in [0, 0.05) is 18.2 Å². The third-order valence-corrected chi connectivity index (χ3v) is 3.48. The molecule has 0 heterocycles. The lowest BCUT2D eigenvalue weighted by Gasteiger charge is -2.13. The quantitative estimate of drug-likeness (QED) is 0.500. The number of nitrogens with zero attached hydrogens (tertiary/aromatic N) is 1. The second-order valence-electron chi connectivity index (χ2n) is 5.19. The Morgan fingerprint density at radius 3 is 2.58 bits per heavy atom. The second kappa shape index (κ2) is 7.92. The summed E-state index contributed by atoms with van der Waals surface area (Å²) in [5.74, 6) is 0.479. The first-order chi connectivity index (χ1) is 11.5. The van der Waals surface area contributed by atoms with E-state index in [1.807, 2.05) is 31.2 Å². The minimum absolute atomic E-state index is 0.0100. The van der Waals surface area contributed by atoms with Crippen molar-refractivity contribution in [2.45, 2.75) is 13.0 Å². The van der Waals surface area contributed by atoms with E-state index >= 15 is 0 Å². The van der Waals surface area contributed by atoms with Crippen LogP contribution >= 0.6 is 0 Å². The van der Waals surface area contributed by atoms with Crippen molar-refractivity contribution < 1.29 is 14.5 Å². The number of carbonyl (C=O) groups excluding carboxylic acids is 1. The van der Waals surface area contributed by atoms with E-state index in [0.717, 1.165) is 11.3 Å². The molecule has 0 aromatic heterocycles. The molecule has 1 N–H and O–H groups in total. The SMILES string of the molecule is COc1ccc(C(C)NC(=O)/C=C/c2cccc([N+](=O)[O-])c2)cc1. The first-order valence-electron chi connectivity index (χ1n) is 7.36. The van der Waals surface area contributed by atoms with Crippen LogP contribution in [0.2, 0.25) is 0 Å². The van der Waals surface area contributed by atoms with Crippen molar-refractivity contribution in [1.82, 2.24) is 5.32 Å². The summed E-state index contributed by atoms with van der Waals surface area (Å²) in [5, 5.41) is 13.6. The normalized spacial score (nSPS) is 11.9. The van der Waals surface area contributed by atoms with Crippen LogP contribution in [0.25, 0.3) is 6.08 Å². The molecule has 6 heteroatoms. The van der Waals surface area contributed by atoms with E-state index in [2.05, 4.69) is 5.32 Å². The third kappa shape index (κ3) is 4.67. The molecule has 0 saturated heterocycles. The van der Waals surface area contributed by atoms with E-state index in [0.29, 0.717) is 5.56 Å². The van der Waals surface area contributed by atoms with E-state index in [4.69, 9.17) is 4.74 Å². The van der Waals surface area contributed by atoms with E-state index in [-0.39, 0.29) is 17.6 Å². The molecule has 1 unspecified atom stereocenters. The van der Waals surface area contributed by atoms with Crippen LogP contribution in [0, 0.1) is 10.1 Å². The van der Waals surface area contributed by atoms with Gasteiger partial charge in [-0.3, -0.25) is 14.9 Å². The molecule has 2 rings (SSSR count). The summed E-state index contributed by atoms with van der Waals surface area (Å²) in [4.78, 5) is 22.2. The van der Waals surface area contributed by atoms with E-state index in [1.54, 1.807) is 25.3 Å². The van der Waals surface area contributed by atoms with Crippen molar-refractivity contribution in [3.05, 3.63) is 75.8 Å². The number of nitro benzene ring substituents is 1. The molecule has 0 saturated carbocycles. The molecule has 0 aliphatic rings. The van der Waals surface area contributed by atoms with Crippen molar-refractivity contribution in [2.24, 2.45) is 0 Å². The van der Waals surface area contributed by atoms with E-state index < -0.39 is 4.92 Å². The first-order valence-corrected chi connectivity index (χ1v) is 7.36. The fourth-order valence-electron chi connectivity index (χ4n) is 2.15. The van der Waals surface area contributed by atoms with Gasteiger partial charge >= 0.3 is 0 Å². The van der Waals surface area contributed by atoms with Crippen LogP contribution in [0.15, 0.2) is 54.6 Å². The number of hydrogen-bond donors (Lipinski definition) is 1. The number of carbonyl (C=O) groups is 1. The molecule has 0 aliphatic heterocycles. The number of amides is 1. The molecule has 2 aromatic rings. The Bertz CT molecular complexity index is 754. The van der Waals surface area contributed by atoms with E-state index in [9.17, 15) is 14.9 Å². The number of benzene rings is 2. The van der Waals surface area contributed by atoms with Crippen molar-refractivity contribution in [2.75, 3.05) is 7.11 Å². The molecule has 124 valence electrons. The van der Waals surface area contributed by atoms with Crippen molar-refractivity contribution >= 4 is 17.7 Å². The molecule has 1 amide bonds. The summed E-state index contributed by atoms with van der Waals surface area (Å²) >= 11 is 0. The van der Waals surface area contributed by atoms with Gasteiger partial charge in [-0.1, -0.05) is 24.3 Å². The zero-order chi connectivity index (χ0) is 17.5. The summed E-state index contributed by atoms with van der Waals surface area (Å²) in [7, 11) is 1.60. The summed E-state index contributed by atoms with van der Waals surface area (Å²) in [6, 6.07) is 13.4. The second-order valence-corrected chi connectivity index (χ2v) is 5.19.